The van der Waals surface area contributed by atoms with E-state index in [0.29, 0.717) is 12.3 Å². The minimum absolute atomic E-state index is 0.108. The molecule has 2 radical (unpaired) electrons. The van der Waals surface area contributed by atoms with Crippen LogP contribution in [0.3, 0.4) is 0 Å². The number of benzene rings is 1. The highest BCUT2D eigenvalue weighted by Gasteiger charge is 2.27. The molecule has 0 saturated carbocycles. The van der Waals surface area contributed by atoms with Crippen LogP contribution in [0.15, 0.2) is 24.4 Å². The van der Waals surface area contributed by atoms with Gasteiger partial charge in [0.15, 0.2) is 0 Å². The van der Waals surface area contributed by atoms with E-state index in [1.807, 2.05) is 25.1 Å². The normalized spacial score (nSPS) is 14.1. The van der Waals surface area contributed by atoms with Gasteiger partial charge in [-0.3, -0.25) is 0 Å². The molecule has 1 unspecified atom stereocenters. The fraction of sp³-hybridized carbons (Fsp3) is 0.579. The summed E-state index contributed by atoms with van der Waals surface area (Å²) >= 11 is 0. The molecule has 25 heavy (non-hydrogen) atoms. The minimum Gasteiger partial charge on any atom is -0.347 e. The molecule has 0 aliphatic carbocycles. The second-order valence-corrected chi connectivity index (χ2v) is 10.2. The molecular formula is C19H29BN2O2S. The Balaban J connectivity index is 2.38. The Morgan fingerprint density at radius 2 is 1.80 bits per heavy atom. The first-order valence-corrected chi connectivity index (χ1v) is 10.4. The summed E-state index contributed by atoms with van der Waals surface area (Å²) in [7, 11) is 4.38. The van der Waals surface area contributed by atoms with Crippen LogP contribution in [0.2, 0.25) is 0 Å². The van der Waals surface area contributed by atoms with E-state index < -0.39 is 15.3 Å². The van der Waals surface area contributed by atoms with Crippen molar-refractivity contribution in [1.29, 1.82) is 0 Å². The van der Waals surface area contributed by atoms with E-state index in [0.717, 1.165) is 28.5 Å². The zero-order valence-electron chi connectivity index (χ0n) is 16.2. The Kier molecular flexibility index (Phi) is 6.05. The average molecular weight is 360 g/mol. The number of sulfonamides is 1. The Morgan fingerprint density at radius 1 is 1.16 bits per heavy atom. The Bertz CT molecular complexity index is 840. The van der Waals surface area contributed by atoms with E-state index >= 15 is 0 Å². The van der Waals surface area contributed by atoms with Crippen molar-refractivity contribution in [2.45, 2.75) is 58.9 Å². The number of rotatable bonds is 7. The van der Waals surface area contributed by atoms with Crippen molar-refractivity contribution in [2.24, 2.45) is 5.92 Å². The van der Waals surface area contributed by atoms with Gasteiger partial charge in [-0.2, -0.15) is 0 Å². The first-order chi connectivity index (χ1) is 11.5. The number of fused-ring (bicyclic) bond motifs is 1. The van der Waals surface area contributed by atoms with Crippen LogP contribution in [-0.2, 0) is 23.0 Å². The molecule has 1 aromatic carbocycles. The monoisotopic (exact) mass is 360 g/mol. The van der Waals surface area contributed by atoms with Crippen molar-refractivity contribution in [2.75, 3.05) is 7.05 Å². The van der Waals surface area contributed by atoms with E-state index in [2.05, 4.69) is 24.6 Å². The smallest absolute Gasteiger partial charge is 0.216 e. The van der Waals surface area contributed by atoms with E-state index in [9.17, 15) is 8.42 Å². The van der Waals surface area contributed by atoms with E-state index in [1.54, 1.807) is 20.9 Å². The van der Waals surface area contributed by atoms with Gasteiger partial charge in [0.1, 0.15) is 7.85 Å². The van der Waals surface area contributed by atoms with Crippen molar-refractivity contribution in [3.05, 3.63) is 30.0 Å². The second-order valence-electron chi connectivity index (χ2n) is 7.64. The van der Waals surface area contributed by atoms with Gasteiger partial charge >= 0.3 is 0 Å². The molecule has 0 fully saturated rings. The molecule has 1 heterocycles. The molecule has 0 aliphatic heterocycles. The Labute approximate surface area is 153 Å². The predicted octanol–water partition coefficient (Wildman–Crippen LogP) is 2.69. The molecule has 0 saturated heterocycles. The number of nitrogens with zero attached hydrogens (tertiary/aromatic N) is 2. The summed E-state index contributed by atoms with van der Waals surface area (Å²) < 4.78 is 28.6. The third-order valence-electron chi connectivity index (χ3n) is 4.68. The number of aromatic nitrogens is 1. The third-order valence-corrected chi connectivity index (χ3v) is 7.04. The standard InChI is InChI=1S/C19H29BN2O2S/c1-13(2)11-22-12-16(18-8-7-17(20)10-19(18)22)9-15(5)21(6)25(23,24)14(3)4/h7-8,10,12-15H,9,11H2,1-6H3. The largest absolute Gasteiger partial charge is 0.347 e. The first kappa shape index (κ1) is 20.1. The number of hydrogen-bond acceptors (Lipinski definition) is 2. The molecular weight excluding hydrogens is 331 g/mol. The highest BCUT2D eigenvalue weighted by atomic mass is 32.2. The van der Waals surface area contributed by atoms with Crippen LogP contribution in [0.1, 0.15) is 40.2 Å². The molecule has 136 valence electrons. The van der Waals surface area contributed by atoms with Crippen LogP contribution in [0.5, 0.6) is 0 Å². The summed E-state index contributed by atoms with van der Waals surface area (Å²) in [5.74, 6) is 0.520. The van der Waals surface area contributed by atoms with Crippen LogP contribution in [0, 0.1) is 5.92 Å². The van der Waals surface area contributed by atoms with E-state index in [-0.39, 0.29) is 6.04 Å². The highest BCUT2D eigenvalue weighted by molar-refractivity contribution is 7.89. The van der Waals surface area contributed by atoms with Crippen molar-refractivity contribution in [3.63, 3.8) is 0 Å². The molecule has 4 nitrogen and oxygen atoms in total. The maximum atomic E-state index is 12.4. The molecule has 1 atom stereocenters. The van der Waals surface area contributed by atoms with Gasteiger partial charge in [-0.25, -0.2) is 12.7 Å². The summed E-state index contributed by atoms with van der Waals surface area (Å²) in [6, 6.07) is 5.84. The topological polar surface area (TPSA) is 42.3 Å². The fourth-order valence-corrected chi connectivity index (χ4v) is 4.36. The van der Waals surface area contributed by atoms with Crippen LogP contribution in [-0.4, -0.2) is 43.5 Å². The number of likely N-dealkylation sites (N-methyl/N-ethyl adjacent to an activating group) is 1. The SMILES string of the molecule is [B]c1ccc2c(CC(C)N(C)S(=O)(=O)C(C)C)cn(CC(C)C)c2c1. The molecule has 0 aliphatic rings. The Morgan fingerprint density at radius 3 is 2.36 bits per heavy atom. The maximum absolute atomic E-state index is 12.4. The molecule has 2 rings (SSSR count). The first-order valence-electron chi connectivity index (χ1n) is 8.88. The van der Waals surface area contributed by atoms with Crippen molar-refractivity contribution in [3.8, 4) is 0 Å². The third kappa shape index (κ3) is 4.29. The van der Waals surface area contributed by atoms with E-state index in [4.69, 9.17) is 7.85 Å². The summed E-state index contributed by atoms with van der Waals surface area (Å²) in [4.78, 5) is 0. The van der Waals surface area contributed by atoms with Crippen LogP contribution in [0.4, 0.5) is 0 Å². The number of hydrogen-bond donors (Lipinski definition) is 0. The van der Waals surface area contributed by atoms with Crippen LogP contribution >= 0.6 is 0 Å². The summed E-state index contributed by atoms with van der Waals surface area (Å²) in [5.41, 5.74) is 3.02. The van der Waals surface area contributed by atoms with Gasteiger partial charge in [0.2, 0.25) is 10.0 Å². The molecule has 2 aromatic rings. The molecule has 0 N–H and O–H groups in total. The molecule has 6 heteroatoms. The van der Waals surface area contributed by atoms with Crippen molar-refractivity contribution in [1.82, 2.24) is 8.87 Å². The minimum atomic E-state index is -3.26. The van der Waals surface area contributed by atoms with Gasteiger partial charge in [-0.1, -0.05) is 31.4 Å². The van der Waals surface area contributed by atoms with Gasteiger partial charge in [0.25, 0.3) is 0 Å². The van der Waals surface area contributed by atoms with Gasteiger partial charge in [0, 0.05) is 36.7 Å². The summed E-state index contributed by atoms with van der Waals surface area (Å²) in [6.45, 7) is 10.7. The predicted molar refractivity (Wildman–Crippen MR) is 107 cm³/mol. The quantitative estimate of drug-likeness (QED) is 0.713. The molecule has 1 aromatic heterocycles. The van der Waals surface area contributed by atoms with Crippen molar-refractivity contribution < 1.29 is 8.42 Å². The van der Waals surface area contributed by atoms with Gasteiger partial charge < -0.3 is 4.57 Å². The van der Waals surface area contributed by atoms with Gasteiger partial charge in [-0.05, 0) is 44.7 Å². The Hall–Kier alpha value is -1.27. The van der Waals surface area contributed by atoms with Gasteiger partial charge in [-0.15, -0.1) is 0 Å². The fourth-order valence-electron chi connectivity index (χ4n) is 3.12. The maximum Gasteiger partial charge on any atom is 0.216 e. The molecule has 0 amide bonds. The lowest BCUT2D eigenvalue weighted by atomic mass is 9.94. The van der Waals surface area contributed by atoms with Gasteiger partial charge in [0.05, 0.1) is 5.25 Å². The lowest BCUT2D eigenvalue weighted by molar-refractivity contribution is 0.383. The highest BCUT2D eigenvalue weighted by Crippen LogP contribution is 2.24. The molecule has 0 bridgehead atoms. The lowest BCUT2D eigenvalue weighted by Crippen LogP contribution is -2.40. The zero-order valence-corrected chi connectivity index (χ0v) is 17.0. The average Bonchev–Trinajstić information content (AvgIpc) is 2.82. The van der Waals surface area contributed by atoms with Crippen LogP contribution in [0.25, 0.3) is 10.9 Å². The lowest BCUT2D eigenvalue weighted by Gasteiger charge is -2.26. The second kappa shape index (κ2) is 7.54. The zero-order chi connectivity index (χ0) is 18.9. The van der Waals surface area contributed by atoms with Crippen molar-refractivity contribution >= 4 is 34.2 Å². The summed E-state index contributed by atoms with van der Waals surface area (Å²) in [5, 5.41) is 0.735. The molecule has 0 spiro atoms. The summed E-state index contributed by atoms with van der Waals surface area (Å²) in [6.07, 6.45) is 2.82. The van der Waals surface area contributed by atoms with Crippen LogP contribution < -0.4 is 5.46 Å². The van der Waals surface area contributed by atoms with E-state index in [1.165, 1.54) is 4.31 Å².